The van der Waals surface area contributed by atoms with E-state index >= 15 is 0 Å². The number of nitrogens with zero attached hydrogens (tertiary/aromatic N) is 1. The molecule has 0 saturated heterocycles. The van der Waals surface area contributed by atoms with E-state index < -0.39 is 0 Å². The Balaban J connectivity index is 2.35. The van der Waals surface area contributed by atoms with Crippen molar-refractivity contribution >= 4 is 15.9 Å². The Bertz CT molecular complexity index is 341. The standard InChI is InChI=1S/C15H25BrN2/c1-4-5-10-17-11-13(2)18(3)12-14-8-6-7-9-15(14)16/h6-9,13,17H,4-5,10-12H2,1-3H3. The molecule has 0 fully saturated rings. The fourth-order valence-corrected chi connectivity index (χ4v) is 2.23. The minimum atomic E-state index is 0.550. The van der Waals surface area contributed by atoms with Gasteiger partial charge in [-0.15, -0.1) is 0 Å². The Hall–Kier alpha value is -0.380. The number of hydrogen-bond acceptors (Lipinski definition) is 2. The summed E-state index contributed by atoms with van der Waals surface area (Å²) in [7, 11) is 2.19. The summed E-state index contributed by atoms with van der Waals surface area (Å²) in [6.07, 6.45) is 2.52. The number of unbranched alkanes of at least 4 members (excludes halogenated alkanes) is 1. The molecule has 102 valence electrons. The van der Waals surface area contributed by atoms with Crippen molar-refractivity contribution in [2.24, 2.45) is 0 Å². The highest BCUT2D eigenvalue weighted by atomic mass is 79.9. The molecular formula is C15H25BrN2. The Kier molecular flexibility index (Phi) is 7.56. The van der Waals surface area contributed by atoms with E-state index in [0.29, 0.717) is 6.04 Å². The van der Waals surface area contributed by atoms with E-state index in [0.717, 1.165) is 19.6 Å². The maximum atomic E-state index is 3.60. The van der Waals surface area contributed by atoms with E-state index in [4.69, 9.17) is 0 Å². The molecule has 1 unspecified atom stereocenters. The number of hydrogen-bond donors (Lipinski definition) is 1. The zero-order valence-corrected chi connectivity index (χ0v) is 13.3. The third-order valence-corrected chi connectivity index (χ3v) is 4.05. The number of nitrogens with one attached hydrogen (secondary N) is 1. The van der Waals surface area contributed by atoms with Crippen LogP contribution in [-0.2, 0) is 6.54 Å². The summed E-state index contributed by atoms with van der Waals surface area (Å²) >= 11 is 3.60. The second-order valence-corrected chi connectivity index (χ2v) is 5.77. The van der Waals surface area contributed by atoms with E-state index in [-0.39, 0.29) is 0 Å². The first kappa shape index (κ1) is 15.7. The number of likely N-dealkylation sites (N-methyl/N-ethyl adjacent to an activating group) is 1. The van der Waals surface area contributed by atoms with Crippen molar-refractivity contribution in [3.8, 4) is 0 Å². The largest absolute Gasteiger partial charge is 0.315 e. The van der Waals surface area contributed by atoms with Gasteiger partial charge >= 0.3 is 0 Å². The summed E-state index contributed by atoms with van der Waals surface area (Å²) in [5.41, 5.74) is 1.35. The van der Waals surface area contributed by atoms with Crippen molar-refractivity contribution in [1.82, 2.24) is 10.2 Å². The molecule has 1 atom stereocenters. The van der Waals surface area contributed by atoms with Gasteiger partial charge in [-0.1, -0.05) is 47.5 Å². The van der Waals surface area contributed by atoms with Crippen LogP contribution in [0.2, 0.25) is 0 Å². The molecule has 0 aromatic heterocycles. The molecule has 3 heteroatoms. The molecule has 0 bridgehead atoms. The van der Waals surface area contributed by atoms with Crippen molar-refractivity contribution < 1.29 is 0 Å². The minimum absolute atomic E-state index is 0.550. The van der Waals surface area contributed by atoms with Crippen molar-refractivity contribution in [2.75, 3.05) is 20.1 Å². The minimum Gasteiger partial charge on any atom is -0.315 e. The fraction of sp³-hybridized carbons (Fsp3) is 0.600. The monoisotopic (exact) mass is 312 g/mol. The first-order valence-corrected chi connectivity index (χ1v) is 7.58. The average Bonchev–Trinajstić information content (AvgIpc) is 2.37. The van der Waals surface area contributed by atoms with Gasteiger partial charge in [-0.3, -0.25) is 4.90 Å². The second-order valence-electron chi connectivity index (χ2n) is 4.91. The lowest BCUT2D eigenvalue weighted by molar-refractivity contribution is 0.242. The smallest absolute Gasteiger partial charge is 0.0245 e. The number of halogens is 1. The van der Waals surface area contributed by atoms with Crippen LogP contribution < -0.4 is 5.32 Å². The van der Waals surface area contributed by atoms with Gasteiger partial charge in [0.05, 0.1) is 0 Å². The van der Waals surface area contributed by atoms with E-state index in [1.54, 1.807) is 0 Å². The van der Waals surface area contributed by atoms with E-state index in [9.17, 15) is 0 Å². The molecule has 1 N–H and O–H groups in total. The van der Waals surface area contributed by atoms with Gasteiger partial charge in [0.2, 0.25) is 0 Å². The van der Waals surface area contributed by atoms with Gasteiger partial charge in [-0.25, -0.2) is 0 Å². The van der Waals surface area contributed by atoms with Crippen molar-refractivity contribution in [1.29, 1.82) is 0 Å². The third kappa shape index (κ3) is 5.51. The van der Waals surface area contributed by atoms with Gasteiger partial charge in [0.25, 0.3) is 0 Å². The van der Waals surface area contributed by atoms with Crippen LogP contribution in [0.4, 0.5) is 0 Å². The lowest BCUT2D eigenvalue weighted by atomic mass is 10.2. The zero-order chi connectivity index (χ0) is 13.4. The van der Waals surface area contributed by atoms with Crippen LogP contribution in [-0.4, -0.2) is 31.1 Å². The normalized spacial score (nSPS) is 12.9. The maximum absolute atomic E-state index is 3.60. The molecule has 0 aliphatic rings. The Morgan fingerprint density at radius 3 is 2.72 bits per heavy atom. The molecule has 0 radical (unpaired) electrons. The topological polar surface area (TPSA) is 15.3 Å². The quantitative estimate of drug-likeness (QED) is 0.737. The van der Waals surface area contributed by atoms with Crippen molar-refractivity contribution in [2.45, 2.75) is 39.3 Å². The molecule has 18 heavy (non-hydrogen) atoms. The predicted octanol–water partition coefficient (Wildman–Crippen LogP) is 3.66. The fourth-order valence-electron chi connectivity index (χ4n) is 1.82. The molecule has 0 aliphatic carbocycles. The molecule has 0 amide bonds. The van der Waals surface area contributed by atoms with E-state index in [1.165, 1.54) is 22.9 Å². The van der Waals surface area contributed by atoms with Crippen LogP contribution >= 0.6 is 15.9 Å². The van der Waals surface area contributed by atoms with Crippen LogP contribution in [0.15, 0.2) is 28.7 Å². The lowest BCUT2D eigenvalue weighted by Crippen LogP contribution is -2.37. The molecule has 1 rings (SSSR count). The summed E-state index contributed by atoms with van der Waals surface area (Å²) in [6, 6.07) is 8.99. The maximum Gasteiger partial charge on any atom is 0.0245 e. The highest BCUT2D eigenvalue weighted by Crippen LogP contribution is 2.17. The third-order valence-electron chi connectivity index (χ3n) is 3.28. The molecule has 2 nitrogen and oxygen atoms in total. The van der Waals surface area contributed by atoms with E-state index in [2.05, 4.69) is 71.3 Å². The average molecular weight is 313 g/mol. The van der Waals surface area contributed by atoms with E-state index in [1.807, 2.05) is 0 Å². The second kappa shape index (κ2) is 8.68. The SMILES string of the molecule is CCCCNCC(C)N(C)Cc1ccccc1Br. The predicted molar refractivity (Wildman–Crippen MR) is 82.8 cm³/mol. The first-order chi connectivity index (χ1) is 8.65. The van der Waals surface area contributed by atoms with Crippen molar-refractivity contribution in [3.63, 3.8) is 0 Å². The summed E-state index contributed by atoms with van der Waals surface area (Å²) < 4.78 is 1.20. The highest BCUT2D eigenvalue weighted by molar-refractivity contribution is 9.10. The van der Waals surface area contributed by atoms with Crippen LogP contribution in [0.3, 0.4) is 0 Å². The summed E-state index contributed by atoms with van der Waals surface area (Å²) in [6.45, 7) is 7.67. The molecule has 1 aromatic rings. The first-order valence-electron chi connectivity index (χ1n) is 6.79. The van der Waals surface area contributed by atoms with Gasteiger partial charge in [0, 0.05) is 23.6 Å². The van der Waals surface area contributed by atoms with Gasteiger partial charge in [-0.2, -0.15) is 0 Å². The zero-order valence-electron chi connectivity index (χ0n) is 11.7. The molecule has 0 heterocycles. The van der Waals surface area contributed by atoms with Gasteiger partial charge in [0.1, 0.15) is 0 Å². The molecular weight excluding hydrogens is 288 g/mol. The Morgan fingerprint density at radius 2 is 2.06 bits per heavy atom. The molecule has 0 spiro atoms. The summed E-state index contributed by atoms with van der Waals surface area (Å²) in [5, 5.41) is 3.51. The van der Waals surface area contributed by atoms with Gasteiger partial charge in [-0.05, 0) is 38.6 Å². The Morgan fingerprint density at radius 1 is 1.33 bits per heavy atom. The summed E-state index contributed by atoms with van der Waals surface area (Å²) in [5.74, 6) is 0. The highest BCUT2D eigenvalue weighted by Gasteiger charge is 2.10. The molecule has 1 aromatic carbocycles. The van der Waals surface area contributed by atoms with Crippen LogP contribution in [0.1, 0.15) is 32.3 Å². The number of rotatable bonds is 8. The van der Waals surface area contributed by atoms with Crippen LogP contribution in [0.25, 0.3) is 0 Å². The summed E-state index contributed by atoms with van der Waals surface area (Å²) in [4.78, 5) is 2.39. The Labute approximate surface area is 120 Å². The van der Waals surface area contributed by atoms with Gasteiger partial charge < -0.3 is 5.32 Å². The van der Waals surface area contributed by atoms with Crippen molar-refractivity contribution in [3.05, 3.63) is 34.3 Å². The van der Waals surface area contributed by atoms with Crippen LogP contribution in [0.5, 0.6) is 0 Å². The number of benzene rings is 1. The molecule has 0 saturated carbocycles. The molecule has 0 aliphatic heterocycles. The van der Waals surface area contributed by atoms with Crippen LogP contribution in [0, 0.1) is 0 Å². The lowest BCUT2D eigenvalue weighted by Gasteiger charge is -2.25. The van der Waals surface area contributed by atoms with Gasteiger partial charge in [0.15, 0.2) is 0 Å².